The monoisotopic (exact) mass is 373 g/mol. The molecule has 9 heteroatoms. The fraction of sp³-hybridized carbons (Fsp3) is 0.588. The van der Waals surface area contributed by atoms with E-state index in [1.54, 1.807) is 24.4 Å². The highest BCUT2D eigenvalue weighted by Crippen LogP contribution is 2.26. The molecule has 2 amide bonds. The summed E-state index contributed by atoms with van der Waals surface area (Å²) in [4.78, 5) is 28.0. The maximum atomic E-state index is 12.3. The number of aliphatic hydroxyl groups excluding tert-OH is 1. The largest absolute Gasteiger partial charge is 0.391 e. The molecule has 0 aliphatic heterocycles. The van der Waals surface area contributed by atoms with E-state index in [0.29, 0.717) is 18.5 Å². The number of nitrogens with zero attached hydrogens (tertiary/aromatic N) is 1. The average Bonchev–Trinajstić information content (AvgIpc) is 2.60. The molecular weight excluding hydrogens is 351 g/mol. The molecule has 26 heavy (non-hydrogen) atoms. The third-order valence-electron chi connectivity index (χ3n) is 4.34. The first-order valence-electron chi connectivity index (χ1n) is 8.46. The molecule has 1 heterocycles. The van der Waals surface area contributed by atoms with E-state index >= 15 is 0 Å². The summed E-state index contributed by atoms with van der Waals surface area (Å²) in [5, 5.41) is 15.2. The summed E-state index contributed by atoms with van der Waals surface area (Å²) in [5.41, 5.74) is 0.702. The minimum absolute atomic E-state index is 0.187. The van der Waals surface area contributed by atoms with Gasteiger partial charge in [-0.3, -0.25) is 14.6 Å². The fourth-order valence-corrected chi connectivity index (χ4v) is 2.91. The highest BCUT2D eigenvalue weighted by Gasteiger charge is 2.34. The molecule has 6 nitrogen and oxygen atoms in total. The molecule has 1 aliphatic rings. The Morgan fingerprint density at radius 2 is 2.04 bits per heavy atom. The third kappa shape index (κ3) is 6.62. The average molecular weight is 373 g/mol. The molecule has 0 bridgehead atoms. The van der Waals surface area contributed by atoms with Gasteiger partial charge in [0.05, 0.1) is 30.8 Å². The molecule has 1 aromatic rings. The summed E-state index contributed by atoms with van der Waals surface area (Å²) in [6, 6.07) is 4.61. The van der Waals surface area contributed by atoms with E-state index in [1.165, 1.54) is 0 Å². The lowest BCUT2D eigenvalue weighted by atomic mass is 9.83. The van der Waals surface area contributed by atoms with Crippen molar-refractivity contribution in [3.8, 4) is 0 Å². The quantitative estimate of drug-likeness (QED) is 0.708. The molecule has 0 spiro atoms. The Kier molecular flexibility index (Phi) is 6.96. The maximum absolute atomic E-state index is 12.3. The zero-order valence-corrected chi connectivity index (χ0v) is 14.1. The molecule has 1 saturated carbocycles. The molecular formula is C17H22F3N3O3. The number of halogens is 3. The second-order valence-electron chi connectivity index (χ2n) is 6.41. The van der Waals surface area contributed by atoms with E-state index in [1.807, 2.05) is 0 Å². The number of aliphatic hydroxyl groups is 1. The van der Waals surface area contributed by atoms with Gasteiger partial charge in [-0.25, -0.2) is 0 Å². The van der Waals surface area contributed by atoms with Crippen LogP contribution in [0.4, 0.5) is 13.2 Å². The van der Waals surface area contributed by atoms with Crippen LogP contribution >= 0.6 is 0 Å². The molecule has 1 aromatic heterocycles. The second-order valence-corrected chi connectivity index (χ2v) is 6.41. The first-order chi connectivity index (χ1) is 12.2. The highest BCUT2D eigenvalue weighted by atomic mass is 19.4. The molecule has 3 N–H and O–H groups in total. The van der Waals surface area contributed by atoms with Crippen molar-refractivity contribution >= 4 is 11.8 Å². The molecule has 0 unspecified atom stereocenters. The van der Waals surface area contributed by atoms with Crippen LogP contribution in [0, 0.1) is 5.92 Å². The number of carbonyl (C=O) groups excluding carboxylic acids is 2. The summed E-state index contributed by atoms with van der Waals surface area (Å²) in [6.07, 6.45) is -4.63. The Labute approximate surface area is 149 Å². The molecule has 2 rings (SSSR count). The zero-order valence-electron chi connectivity index (χ0n) is 14.1. The van der Waals surface area contributed by atoms with Crippen LogP contribution in [0.2, 0.25) is 0 Å². The number of pyridine rings is 1. The van der Waals surface area contributed by atoms with E-state index in [-0.39, 0.29) is 18.9 Å². The van der Waals surface area contributed by atoms with Crippen LogP contribution in [0.5, 0.6) is 0 Å². The first kappa shape index (κ1) is 20.2. The standard InChI is InChI=1S/C17H22F3N3O3/c18-17(19,20)7-6-15(25)23-13-9-11(4-5-14(13)24)16(26)22-10-12-3-1-2-8-21-12/h1-3,8,11,13-14,24H,4-7,9-10H2,(H,22,26)(H,23,25)/t11-,13+,14+/m0/s1. The van der Waals surface area contributed by atoms with Gasteiger partial charge in [0.25, 0.3) is 0 Å². The summed E-state index contributed by atoms with van der Waals surface area (Å²) in [6.45, 7) is 0.265. The van der Waals surface area contributed by atoms with Crippen molar-refractivity contribution < 1.29 is 27.9 Å². The Balaban J connectivity index is 1.82. The van der Waals surface area contributed by atoms with Crippen molar-refractivity contribution in [2.75, 3.05) is 0 Å². The minimum atomic E-state index is -4.41. The lowest BCUT2D eigenvalue weighted by Crippen LogP contribution is -2.49. The third-order valence-corrected chi connectivity index (χ3v) is 4.34. The topological polar surface area (TPSA) is 91.3 Å². The predicted molar refractivity (Wildman–Crippen MR) is 86.7 cm³/mol. The SMILES string of the molecule is O=C(CCC(F)(F)F)N[C@@H]1C[C@@H](C(=O)NCc2ccccn2)CC[C@H]1O. The van der Waals surface area contributed by atoms with Crippen molar-refractivity contribution in [2.45, 2.75) is 57.0 Å². The van der Waals surface area contributed by atoms with E-state index in [9.17, 15) is 27.9 Å². The van der Waals surface area contributed by atoms with Gasteiger partial charge in [-0.2, -0.15) is 13.2 Å². The number of carbonyl (C=O) groups is 2. The van der Waals surface area contributed by atoms with Crippen LogP contribution in [0.15, 0.2) is 24.4 Å². The van der Waals surface area contributed by atoms with Gasteiger partial charge < -0.3 is 15.7 Å². The van der Waals surface area contributed by atoms with Crippen molar-refractivity contribution in [2.24, 2.45) is 5.92 Å². The summed E-state index contributed by atoms with van der Waals surface area (Å²) >= 11 is 0. The Bertz CT molecular complexity index is 610. The first-order valence-corrected chi connectivity index (χ1v) is 8.46. The van der Waals surface area contributed by atoms with Crippen molar-refractivity contribution in [1.82, 2.24) is 15.6 Å². The number of hydrogen-bond acceptors (Lipinski definition) is 4. The fourth-order valence-electron chi connectivity index (χ4n) is 2.91. The van der Waals surface area contributed by atoms with Crippen LogP contribution in [-0.2, 0) is 16.1 Å². The Morgan fingerprint density at radius 3 is 2.69 bits per heavy atom. The van der Waals surface area contributed by atoms with Gasteiger partial charge in [-0.05, 0) is 31.4 Å². The summed E-state index contributed by atoms with van der Waals surface area (Å²) in [7, 11) is 0. The number of alkyl halides is 3. The number of aromatic nitrogens is 1. The van der Waals surface area contributed by atoms with Crippen LogP contribution in [0.3, 0.4) is 0 Å². The van der Waals surface area contributed by atoms with E-state index in [2.05, 4.69) is 15.6 Å². The maximum Gasteiger partial charge on any atom is 0.389 e. The van der Waals surface area contributed by atoms with E-state index < -0.39 is 43.0 Å². The number of amides is 2. The van der Waals surface area contributed by atoms with Gasteiger partial charge in [0.2, 0.25) is 11.8 Å². The van der Waals surface area contributed by atoms with Gasteiger partial charge in [0.15, 0.2) is 0 Å². The normalized spacial score (nSPS) is 23.3. The van der Waals surface area contributed by atoms with Crippen LogP contribution in [0.1, 0.15) is 37.8 Å². The van der Waals surface area contributed by atoms with Crippen molar-refractivity contribution in [1.29, 1.82) is 0 Å². The number of rotatable bonds is 6. The number of hydrogen-bond donors (Lipinski definition) is 3. The van der Waals surface area contributed by atoms with Crippen LogP contribution in [-0.4, -0.2) is 40.2 Å². The second kappa shape index (κ2) is 8.98. The molecule has 144 valence electrons. The lowest BCUT2D eigenvalue weighted by Gasteiger charge is -2.33. The van der Waals surface area contributed by atoms with E-state index in [0.717, 1.165) is 0 Å². The smallest absolute Gasteiger partial charge is 0.389 e. The molecule has 0 saturated heterocycles. The summed E-state index contributed by atoms with van der Waals surface area (Å²) < 4.78 is 36.5. The van der Waals surface area contributed by atoms with Crippen LogP contribution < -0.4 is 10.6 Å². The van der Waals surface area contributed by atoms with Crippen LogP contribution in [0.25, 0.3) is 0 Å². The van der Waals surface area contributed by atoms with Gasteiger partial charge in [-0.1, -0.05) is 6.07 Å². The molecule has 1 fully saturated rings. The molecule has 3 atom stereocenters. The Hall–Kier alpha value is -2.16. The Morgan fingerprint density at radius 1 is 1.27 bits per heavy atom. The minimum Gasteiger partial charge on any atom is -0.391 e. The van der Waals surface area contributed by atoms with E-state index in [4.69, 9.17) is 0 Å². The van der Waals surface area contributed by atoms with Gasteiger partial charge >= 0.3 is 6.18 Å². The van der Waals surface area contributed by atoms with Crippen molar-refractivity contribution in [3.05, 3.63) is 30.1 Å². The van der Waals surface area contributed by atoms with Gasteiger partial charge in [0.1, 0.15) is 0 Å². The number of nitrogens with one attached hydrogen (secondary N) is 2. The predicted octanol–water partition coefficient (Wildman–Crippen LogP) is 1.69. The highest BCUT2D eigenvalue weighted by molar-refractivity contribution is 5.79. The molecule has 0 aromatic carbocycles. The van der Waals surface area contributed by atoms with Crippen molar-refractivity contribution in [3.63, 3.8) is 0 Å². The van der Waals surface area contributed by atoms with Gasteiger partial charge in [-0.15, -0.1) is 0 Å². The molecule has 0 radical (unpaired) electrons. The lowest BCUT2D eigenvalue weighted by molar-refractivity contribution is -0.145. The molecule has 1 aliphatic carbocycles. The zero-order chi connectivity index (χ0) is 19.2. The van der Waals surface area contributed by atoms with Gasteiger partial charge in [0, 0.05) is 18.5 Å². The summed E-state index contributed by atoms with van der Waals surface area (Å²) in [5.74, 6) is -1.42.